The molecule has 0 unspecified atom stereocenters. The Hall–Kier alpha value is -1.93. The number of rotatable bonds is 5. The minimum absolute atomic E-state index is 0.0248. The quantitative estimate of drug-likeness (QED) is 0.695. The summed E-state index contributed by atoms with van der Waals surface area (Å²) >= 11 is 0. The Bertz CT molecular complexity index is 827. The molecule has 0 radical (unpaired) electrons. The zero-order valence-electron chi connectivity index (χ0n) is 16.2. The lowest BCUT2D eigenvalue weighted by atomic mass is 9.96. The fraction of sp³-hybridized carbons (Fsp3) is 0.600. The summed E-state index contributed by atoms with van der Waals surface area (Å²) in [5.41, 5.74) is 0.0248. The predicted molar refractivity (Wildman–Crippen MR) is 103 cm³/mol. The second kappa shape index (κ2) is 9.05. The van der Waals surface area contributed by atoms with Crippen molar-refractivity contribution in [1.82, 2.24) is 4.31 Å². The molecule has 28 heavy (non-hydrogen) atoms. The lowest BCUT2D eigenvalue weighted by Crippen LogP contribution is -2.32. The first-order chi connectivity index (χ1) is 13.4. The van der Waals surface area contributed by atoms with E-state index in [9.17, 15) is 18.0 Å². The smallest absolute Gasteiger partial charge is 0.342 e. The lowest BCUT2D eigenvalue weighted by Gasteiger charge is -2.22. The van der Waals surface area contributed by atoms with Gasteiger partial charge in [0.05, 0.1) is 12.0 Å². The minimum Gasteiger partial charge on any atom is -0.496 e. The largest absolute Gasteiger partial charge is 0.496 e. The molecule has 1 saturated carbocycles. The molecule has 3 rings (SSSR count). The Morgan fingerprint density at radius 1 is 1.07 bits per heavy atom. The monoisotopic (exact) mass is 409 g/mol. The highest BCUT2D eigenvalue weighted by Gasteiger charge is 2.30. The third kappa shape index (κ3) is 4.55. The molecule has 0 spiro atoms. The van der Waals surface area contributed by atoms with E-state index >= 15 is 0 Å². The fourth-order valence-electron chi connectivity index (χ4n) is 3.71. The Kier molecular flexibility index (Phi) is 6.72. The van der Waals surface area contributed by atoms with Crippen LogP contribution in [0.4, 0.5) is 0 Å². The Balaban J connectivity index is 1.86. The van der Waals surface area contributed by atoms with Crippen LogP contribution in [0.2, 0.25) is 0 Å². The third-order valence-electron chi connectivity index (χ3n) is 5.34. The van der Waals surface area contributed by atoms with Crippen molar-refractivity contribution in [2.75, 3.05) is 20.2 Å². The SMILES string of the molecule is COc1ccc(S(=O)(=O)N2CCCCCC2)cc1C(=O)O[C@@H]1CCCCC1=O. The number of hydrogen-bond acceptors (Lipinski definition) is 6. The van der Waals surface area contributed by atoms with Crippen molar-refractivity contribution in [3.63, 3.8) is 0 Å². The number of Topliss-reactive ketones (excluding diaryl/α,β-unsaturated/α-hetero) is 1. The number of ketones is 1. The first kappa shape index (κ1) is 20.8. The number of hydrogen-bond donors (Lipinski definition) is 0. The molecule has 1 aromatic carbocycles. The van der Waals surface area contributed by atoms with E-state index in [1.807, 2.05) is 0 Å². The first-order valence-corrected chi connectivity index (χ1v) is 11.3. The van der Waals surface area contributed by atoms with E-state index in [0.29, 0.717) is 25.9 Å². The van der Waals surface area contributed by atoms with Crippen molar-refractivity contribution in [3.8, 4) is 5.75 Å². The van der Waals surface area contributed by atoms with E-state index < -0.39 is 22.1 Å². The molecule has 2 aliphatic rings. The zero-order valence-corrected chi connectivity index (χ0v) is 17.0. The molecule has 1 aliphatic carbocycles. The van der Waals surface area contributed by atoms with Crippen molar-refractivity contribution >= 4 is 21.8 Å². The summed E-state index contributed by atoms with van der Waals surface area (Å²) in [6.45, 7) is 0.954. The summed E-state index contributed by atoms with van der Waals surface area (Å²) in [6.07, 6.45) is 5.45. The molecule has 1 saturated heterocycles. The summed E-state index contributed by atoms with van der Waals surface area (Å²) in [5, 5.41) is 0. The number of ether oxygens (including phenoxy) is 2. The van der Waals surface area contributed by atoms with Crippen molar-refractivity contribution < 1.29 is 27.5 Å². The molecular formula is C20H27NO6S. The minimum atomic E-state index is -3.71. The normalized spacial score (nSPS) is 21.8. The van der Waals surface area contributed by atoms with Gasteiger partial charge in [0.15, 0.2) is 11.9 Å². The van der Waals surface area contributed by atoms with Crippen LogP contribution in [0.25, 0.3) is 0 Å². The van der Waals surface area contributed by atoms with Gasteiger partial charge < -0.3 is 9.47 Å². The number of sulfonamides is 1. The number of carbonyl (C=O) groups is 2. The maximum absolute atomic E-state index is 13.0. The molecule has 0 bridgehead atoms. The van der Waals surface area contributed by atoms with Crippen LogP contribution in [0.3, 0.4) is 0 Å². The number of nitrogens with zero attached hydrogens (tertiary/aromatic N) is 1. The molecule has 1 aromatic rings. The van der Waals surface area contributed by atoms with Gasteiger partial charge >= 0.3 is 5.97 Å². The van der Waals surface area contributed by atoms with Gasteiger partial charge in [-0.15, -0.1) is 0 Å². The average Bonchev–Trinajstić information content (AvgIpc) is 2.99. The molecule has 0 aromatic heterocycles. The number of methoxy groups -OCH3 is 1. The van der Waals surface area contributed by atoms with Gasteiger partial charge in [0.1, 0.15) is 11.3 Å². The summed E-state index contributed by atoms with van der Waals surface area (Å²) in [5.74, 6) is -0.597. The summed E-state index contributed by atoms with van der Waals surface area (Å²) in [7, 11) is -2.30. The Morgan fingerprint density at radius 2 is 1.79 bits per heavy atom. The Labute approximate surface area is 166 Å². The lowest BCUT2D eigenvalue weighted by molar-refractivity contribution is -0.129. The molecule has 2 fully saturated rings. The van der Waals surface area contributed by atoms with Gasteiger partial charge in [0, 0.05) is 19.5 Å². The van der Waals surface area contributed by atoms with Crippen LogP contribution in [0, 0.1) is 0 Å². The molecule has 8 heteroatoms. The summed E-state index contributed by atoms with van der Waals surface area (Å²) < 4.78 is 38.2. The highest BCUT2D eigenvalue weighted by Crippen LogP contribution is 2.28. The van der Waals surface area contributed by atoms with Crippen molar-refractivity contribution in [1.29, 1.82) is 0 Å². The molecule has 1 aliphatic heterocycles. The van der Waals surface area contributed by atoms with Crippen LogP contribution in [-0.2, 0) is 19.6 Å². The van der Waals surface area contributed by atoms with Crippen LogP contribution in [0.5, 0.6) is 5.75 Å². The second-order valence-corrected chi connectivity index (χ2v) is 9.22. The summed E-state index contributed by atoms with van der Waals surface area (Å²) in [6, 6.07) is 4.21. The number of benzene rings is 1. The van der Waals surface area contributed by atoms with Gasteiger partial charge in [-0.3, -0.25) is 4.79 Å². The highest BCUT2D eigenvalue weighted by atomic mass is 32.2. The first-order valence-electron chi connectivity index (χ1n) is 9.85. The number of carbonyl (C=O) groups excluding carboxylic acids is 2. The molecule has 7 nitrogen and oxygen atoms in total. The van der Waals surface area contributed by atoms with E-state index in [2.05, 4.69) is 0 Å². The standard InChI is InChI=1S/C20H27NO6S/c1-26-18-11-10-15(28(24,25)21-12-6-2-3-7-13-21)14-16(18)20(23)27-19-9-5-4-8-17(19)22/h10-11,14,19H,2-9,12-13H2,1H3/t19-/m1/s1. The van der Waals surface area contributed by atoms with Crippen molar-refractivity contribution in [3.05, 3.63) is 23.8 Å². The molecule has 1 heterocycles. The van der Waals surface area contributed by atoms with Crippen molar-refractivity contribution in [2.45, 2.75) is 62.4 Å². The van der Waals surface area contributed by atoms with Gasteiger partial charge in [-0.1, -0.05) is 12.8 Å². The van der Waals surface area contributed by atoms with E-state index in [0.717, 1.165) is 38.5 Å². The van der Waals surface area contributed by atoms with Crippen LogP contribution < -0.4 is 4.74 Å². The van der Waals surface area contributed by atoms with E-state index in [1.165, 1.54) is 29.6 Å². The predicted octanol–water partition coefficient (Wildman–Crippen LogP) is 2.93. The Morgan fingerprint density at radius 3 is 2.43 bits per heavy atom. The van der Waals surface area contributed by atoms with E-state index in [4.69, 9.17) is 9.47 Å². The van der Waals surface area contributed by atoms with Crippen molar-refractivity contribution in [2.24, 2.45) is 0 Å². The molecule has 154 valence electrons. The maximum Gasteiger partial charge on any atom is 0.342 e. The maximum atomic E-state index is 13.0. The van der Waals surface area contributed by atoms with Crippen LogP contribution in [0.1, 0.15) is 61.7 Å². The van der Waals surface area contributed by atoms with Gasteiger partial charge in [-0.2, -0.15) is 4.31 Å². The molecular weight excluding hydrogens is 382 g/mol. The van der Waals surface area contributed by atoms with Gasteiger partial charge in [0.2, 0.25) is 10.0 Å². The molecule has 0 N–H and O–H groups in total. The van der Waals surface area contributed by atoms with Crippen LogP contribution in [0.15, 0.2) is 23.1 Å². The van der Waals surface area contributed by atoms with Gasteiger partial charge in [-0.25, -0.2) is 13.2 Å². The van der Waals surface area contributed by atoms with Gasteiger partial charge in [-0.05, 0) is 50.3 Å². The average molecular weight is 410 g/mol. The zero-order chi connectivity index (χ0) is 20.1. The molecule has 1 atom stereocenters. The second-order valence-electron chi connectivity index (χ2n) is 7.29. The van der Waals surface area contributed by atoms with E-state index in [1.54, 1.807) is 0 Å². The topological polar surface area (TPSA) is 90.0 Å². The molecule has 0 amide bonds. The highest BCUT2D eigenvalue weighted by molar-refractivity contribution is 7.89. The fourth-order valence-corrected chi connectivity index (χ4v) is 5.25. The van der Waals surface area contributed by atoms with Crippen LogP contribution >= 0.6 is 0 Å². The van der Waals surface area contributed by atoms with Crippen LogP contribution in [-0.4, -0.2) is 50.8 Å². The van der Waals surface area contributed by atoms with Gasteiger partial charge in [0.25, 0.3) is 0 Å². The number of esters is 1. The summed E-state index contributed by atoms with van der Waals surface area (Å²) in [4.78, 5) is 24.7. The van der Waals surface area contributed by atoms with E-state index in [-0.39, 0.29) is 22.0 Å². The third-order valence-corrected chi connectivity index (χ3v) is 7.24.